The van der Waals surface area contributed by atoms with Crippen LogP contribution in [-0.2, 0) is 4.74 Å². The van der Waals surface area contributed by atoms with E-state index in [1.807, 2.05) is 6.92 Å². The molecule has 0 unspecified atom stereocenters. The van der Waals surface area contributed by atoms with Crippen molar-refractivity contribution in [3.8, 4) is 0 Å². The monoisotopic (exact) mass is 203 g/mol. The van der Waals surface area contributed by atoms with E-state index in [2.05, 4.69) is 0 Å². The lowest BCUT2D eigenvalue weighted by atomic mass is 10.0. The van der Waals surface area contributed by atoms with Gasteiger partial charge in [0.1, 0.15) is 12.2 Å². The van der Waals surface area contributed by atoms with E-state index in [-0.39, 0.29) is 12.2 Å². The SMILES string of the molecule is CC[C@H]1O[C@@H](CCCCN)[C@H](O)[C@@H]1O. The number of nitrogens with two attached hydrogens (primary N) is 1. The molecule has 84 valence electrons. The Labute approximate surface area is 85.1 Å². The van der Waals surface area contributed by atoms with Gasteiger partial charge in [0.05, 0.1) is 12.2 Å². The van der Waals surface area contributed by atoms with Gasteiger partial charge in [-0.15, -0.1) is 0 Å². The molecule has 0 saturated carbocycles. The normalized spacial score (nSPS) is 37.7. The van der Waals surface area contributed by atoms with Gasteiger partial charge < -0.3 is 20.7 Å². The molecule has 1 saturated heterocycles. The molecule has 4 N–H and O–H groups in total. The minimum Gasteiger partial charge on any atom is -0.388 e. The van der Waals surface area contributed by atoms with Crippen LogP contribution in [0.3, 0.4) is 0 Å². The van der Waals surface area contributed by atoms with E-state index in [1.54, 1.807) is 0 Å². The van der Waals surface area contributed by atoms with Crippen molar-refractivity contribution in [2.45, 2.75) is 57.0 Å². The molecule has 0 aromatic heterocycles. The lowest BCUT2D eigenvalue weighted by Gasteiger charge is -2.13. The third kappa shape index (κ3) is 2.67. The molecule has 1 fully saturated rings. The Morgan fingerprint density at radius 3 is 2.29 bits per heavy atom. The maximum absolute atomic E-state index is 9.65. The fourth-order valence-electron chi connectivity index (χ4n) is 1.89. The molecule has 0 amide bonds. The molecular weight excluding hydrogens is 182 g/mol. The molecular formula is C10H21NO3. The predicted octanol–water partition coefficient (Wildman–Crippen LogP) is 0.0146. The summed E-state index contributed by atoms with van der Waals surface area (Å²) in [6, 6.07) is 0. The van der Waals surface area contributed by atoms with Crippen LogP contribution in [0.15, 0.2) is 0 Å². The summed E-state index contributed by atoms with van der Waals surface area (Å²) in [5.41, 5.74) is 5.38. The zero-order valence-electron chi connectivity index (χ0n) is 8.72. The Kier molecular flexibility index (Phi) is 4.81. The molecule has 1 rings (SSSR count). The Balaban J connectivity index is 2.32. The maximum Gasteiger partial charge on any atom is 0.109 e. The first-order chi connectivity index (χ1) is 6.70. The number of aliphatic hydroxyl groups is 2. The molecule has 0 spiro atoms. The lowest BCUT2D eigenvalue weighted by molar-refractivity contribution is 0.00173. The van der Waals surface area contributed by atoms with Crippen LogP contribution in [0, 0.1) is 0 Å². The van der Waals surface area contributed by atoms with Gasteiger partial charge in [-0.1, -0.05) is 6.92 Å². The number of rotatable bonds is 5. The summed E-state index contributed by atoms with van der Waals surface area (Å²) in [4.78, 5) is 0. The van der Waals surface area contributed by atoms with Gasteiger partial charge in [0, 0.05) is 0 Å². The quantitative estimate of drug-likeness (QED) is 0.550. The summed E-state index contributed by atoms with van der Waals surface area (Å²) in [6.45, 7) is 2.62. The molecule has 4 nitrogen and oxygen atoms in total. The van der Waals surface area contributed by atoms with Crippen LogP contribution in [0.25, 0.3) is 0 Å². The zero-order valence-corrected chi connectivity index (χ0v) is 8.72. The molecule has 4 heteroatoms. The minimum atomic E-state index is -0.724. The summed E-state index contributed by atoms with van der Waals surface area (Å²) >= 11 is 0. The Morgan fingerprint density at radius 2 is 1.79 bits per heavy atom. The minimum absolute atomic E-state index is 0.201. The van der Waals surface area contributed by atoms with Gasteiger partial charge >= 0.3 is 0 Å². The van der Waals surface area contributed by atoms with Crippen LogP contribution in [0.5, 0.6) is 0 Å². The van der Waals surface area contributed by atoms with Crippen LogP contribution in [-0.4, -0.2) is 41.2 Å². The molecule has 14 heavy (non-hydrogen) atoms. The van der Waals surface area contributed by atoms with Crippen molar-refractivity contribution >= 4 is 0 Å². The van der Waals surface area contributed by atoms with Crippen molar-refractivity contribution in [3.63, 3.8) is 0 Å². The highest BCUT2D eigenvalue weighted by Crippen LogP contribution is 2.26. The number of aliphatic hydroxyl groups excluding tert-OH is 2. The van der Waals surface area contributed by atoms with Gasteiger partial charge in [0.15, 0.2) is 0 Å². The summed E-state index contributed by atoms with van der Waals surface area (Å²) in [7, 11) is 0. The van der Waals surface area contributed by atoms with Crippen LogP contribution in [0.1, 0.15) is 32.6 Å². The Morgan fingerprint density at radius 1 is 1.14 bits per heavy atom. The number of ether oxygens (including phenoxy) is 1. The van der Waals surface area contributed by atoms with Gasteiger partial charge in [0.2, 0.25) is 0 Å². The number of hydrogen-bond acceptors (Lipinski definition) is 4. The highest BCUT2D eigenvalue weighted by Gasteiger charge is 2.40. The number of hydrogen-bond donors (Lipinski definition) is 3. The fourth-order valence-corrected chi connectivity index (χ4v) is 1.89. The van der Waals surface area contributed by atoms with E-state index in [0.29, 0.717) is 6.54 Å². The predicted molar refractivity (Wildman–Crippen MR) is 53.9 cm³/mol. The fraction of sp³-hybridized carbons (Fsp3) is 1.00. The van der Waals surface area contributed by atoms with Crippen LogP contribution in [0.4, 0.5) is 0 Å². The van der Waals surface area contributed by atoms with Crippen molar-refractivity contribution < 1.29 is 14.9 Å². The second-order valence-electron chi connectivity index (χ2n) is 3.89. The highest BCUT2D eigenvalue weighted by molar-refractivity contribution is 4.89. The third-order valence-electron chi connectivity index (χ3n) is 2.81. The maximum atomic E-state index is 9.65. The van der Waals surface area contributed by atoms with Crippen LogP contribution >= 0.6 is 0 Å². The topological polar surface area (TPSA) is 75.7 Å². The van der Waals surface area contributed by atoms with E-state index < -0.39 is 12.2 Å². The Hall–Kier alpha value is -0.160. The molecule has 0 aromatic rings. The van der Waals surface area contributed by atoms with Crippen LogP contribution < -0.4 is 5.73 Å². The molecule has 1 heterocycles. The molecule has 4 atom stereocenters. The average molecular weight is 203 g/mol. The highest BCUT2D eigenvalue weighted by atomic mass is 16.5. The molecule has 0 bridgehead atoms. The summed E-state index contributed by atoms with van der Waals surface area (Å²) in [5.74, 6) is 0. The first-order valence-corrected chi connectivity index (χ1v) is 5.42. The molecule has 1 aliphatic rings. The largest absolute Gasteiger partial charge is 0.388 e. The van der Waals surface area contributed by atoms with E-state index in [9.17, 15) is 10.2 Å². The summed E-state index contributed by atoms with van der Waals surface area (Å²) in [5, 5.41) is 19.2. The average Bonchev–Trinajstić information content (AvgIpc) is 2.46. The second kappa shape index (κ2) is 5.66. The summed E-state index contributed by atoms with van der Waals surface area (Å²) < 4.78 is 5.54. The van der Waals surface area contributed by atoms with E-state index >= 15 is 0 Å². The van der Waals surface area contributed by atoms with Gasteiger partial charge in [-0.3, -0.25) is 0 Å². The molecule has 0 radical (unpaired) electrons. The molecule has 1 aliphatic heterocycles. The van der Waals surface area contributed by atoms with Crippen molar-refractivity contribution in [1.29, 1.82) is 0 Å². The van der Waals surface area contributed by atoms with Gasteiger partial charge in [-0.05, 0) is 32.2 Å². The summed E-state index contributed by atoms with van der Waals surface area (Å²) in [6.07, 6.45) is 1.56. The van der Waals surface area contributed by atoms with Gasteiger partial charge in [-0.2, -0.15) is 0 Å². The second-order valence-corrected chi connectivity index (χ2v) is 3.89. The van der Waals surface area contributed by atoms with E-state index in [0.717, 1.165) is 25.7 Å². The van der Waals surface area contributed by atoms with Crippen molar-refractivity contribution in [2.75, 3.05) is 6.54 Å². The van der Waals surface area contributed by atoms with Gasteiger partial charge in [0.25, 0.3) is 0 Å². The standard InChI is InChI=1S/C10H21NO3/c1-2-7-9(12)10(13)8(14-7)5-3-4-6-11/h7-10,12-13H,2-6,11H2,1H3/t7-,8+,9-,10+/m1/s1. The van der Waals surface area contributed by atoms with Crippen molar-refractivity contribution in [2.24, 2.45) is 5.73 Å². The van der Waals surface area contributed by atoms with E-state index in [4.69, 9.17) is 10.5 Å². The van der Waals surface area contributed by atoms with Crippen LogP contribution in [0.2, 0.25) is 0 Å². The Bertz CT molecular complexity index is 165. The van der Waals surface area contributed by atoms with Gasteiger partial charge in [-0.25, -0.2) is 0 Å². The number of unbranched alkanes of at least 4 members (excludes halogenated alkanes) is 1. The first-order valence-electron chi connectivity index (χ1n) is 5.42. The lowest BCUT2D eigenvalue weighted by Crippen LogP contribution is -2.32. The zero-order chi connectivity index (χ0) is 10.6. The first kappa shape index (κ1) is 11.9. The van der Waals surface area contributed by atoms with Crippen molar-refractivity contribution in [3.05, 3.63) is 0 Å². The molecule has 0 aromatic carbocycles. The van der Waals surface area contributed by atoms with E-state index in [1.165, 1.54) is 0 Å². The molecule has 0 aliphatic carbocycles. The third-order valence-corrected chi connectivity index (χ3v) is 2.81. The van der Waals surface area contributed by atoms with Crippen molar-refractivity contribution in [1.82, 2.24) is 0 Å². The smallest absolute Gasteiger partial charge is 0.109 e.